The molecule has 0 aromatic heterocycles. The van der Waals surface area contributed by atoms with Gasteiger partial charge in [0.1, 0.15) is 0 Å². The van der Waals surface area contributed by atoms with Crippen molar-refractivity contribution in [3.8, 4) is 0 Å². The molecule has 1 fully saturated rings. The van der Waals surface area contributed by atoms with Crippen LogP contribution in [0.1, 0.15) is 37.8 Å². The van der Waals surface area contributed by atoms with Gasteiger partial charge in [0.15, 0.2) is 0 Å². The van der Waals surface area contributed by atoms with E-state index in [0.29, 0.717) is 18.0 Å². The largest absolute Gasteiger partial charge is 0.307 e. The molecule has 16 heavy (non-hydrogen) atoms. The first-order chi connectivity index (χ1) is 7.81. The van der Waals surface area contributed by atoms with Crippen molar-refractivity contribution in [3.63, 3.8) is 0 Å². The summed E-state index contributed by atoms with van der Waals surface area (Å²) in [6.07, 6.45) is 5.90. The smallest absolute Gasteiger partial charge is 0.0322 e. The number of piperidine rings is 1. The molecule has 2 rings (SSSR count). The van der Waals surface area contributed by atoms with Crippen molar-refractivity contribution in [2.75, 3.05) is 0 Å². The van der Waals surface area contributed by atoms with Crippen LogP contribution in [0, 0.1) is 5.92 Å². The van der Waals surface area contributed by atoms with Crippen LogP contribution in [-0.2, 0) is 0 Å². The minimum absolute atomic E-state index is 0.530. The molecule has 1 N–H and O–H groups in total. The van der Waals surface area contributed by atoms with Crippen molar-refractivity contribution in [1.82, 2.24) is 5.32 Å². The molecule has 1 heterocycles. The molecule has 0 aliphatic carbocycles. The van der Waals surface area contributed by atoms with Gasteiger partial charge >= 0.3 is 0 Å². The summed E-state index contributed by atoms with van der Waals surface area (Å²) in [5.41, 5.74) is 1.42. The number of hydrogen-bond donors (Lipinski definition) is 1. The van der Waals surface area contributed by atoms with Crippen LogP contribution >= 0.6 is 0 Å². The second kappa shape index (κ2) is 5.31. The lowest BCUT2D eigenvalue weighted by Crippen LogP contribution is -2.40. The van der Waals surface area contributed by atoms with Crippen molar-refractivity contribution >= 4 is 0 Å². The van der Waals surface area contributed by atoms with Gasteiger partial charge < -0.3 is 5.32 Å². The Labute approximate surface area is 98.6 Å². The highest BCUT2D eigenvalue weighted by Gasteiger charge is 2.24. The van der Waals surface area contributed by atoms with E-state index >= 15 is 0 Å². The summed E-state index contributed by atoms with van der Waals surface area (Å²) in [4.78, 5) is 0. The third-order valence-electron chi connectivity index (χ3n) is 3.63. The fraction of sp³-hybridized carbons (Fsp3) is 0.467. The van der Waals surface area contributed by atoms with Gasteiger partial charge in [-0.2, -0.15) is 0 Å². The molecule has 1 heteroatoms. The van der Waals surface area contributed by atoms with E-state index < -0.39 is 0 Å². The molecular weight excluding hydrogens is 194 g/mol. The average molecular weight is 215 g/mol. The topological polar surface area (TPSA) is 12.0 Å². The highest BCUT2D eigenvalue weighted by atomic mass is 15.0. The number of benzene rings is 1. The lowest BCUT2D eigenvalue weighted by molar-refractivity contribution is 0.285. The first-order valence-electron chi connectivity index (χ1n) is 6.25. The summed E-state index contributed by atoms with van der Waals surface area (Å²) in [7, 11) is 0. The van der Waals surface area contributed by atoms with Crippen molar-refractivity contribution < 1.29 is 0 Å². The zero-order chi connectivity index (χ0) is 11.4. The van der Waals surface area contributed by atoms with Gasteiger partial charge in [-0.1, -0.05) is 43.3 Å². The van der Waals surface area contributed by atoms with Crippen molar-refractivity contribution in [2.45, 2.75) is 38.3 Å². The molecule has 0 bridgehead atoms. The Morgan fingerprint density at radius 3 is 2.75 bits per heavy atom. The zero-order valence-electron chi connectivity index (χ0n) is 10.0. The van der Waals surface area contributed by atoms with E-state index in [9.17, 15) is 0 Å². The van der Waals surface area contributed by atoms with E-state index in [1.807, 2.05) is 0 Å². The van der Waals surface area contributed by atoms with Crippen LogP contribution in [0.25, 0.3) is 0 Å². The fourth-order valence-corrected chi connectivity index (χ4v) is 2.49. The molecule has 1 aliphatic rings. The molecule has 0 radical (unpaired) electrons. The van der Waals surface area contributed by atoms with Gasteiger partial charge in [-0.15, -0.1) is 6.58 Å². The normalized spacial score (nSPS) is 27.3. The van der Waals surface area contributed by atoms with Crippen LogP contribution < -0.4 is 5.32 Å². The predicted molar refractivity (Wildman–Crippen MR) is 69.3 cm³/mol. The van der Waals surface area contributed by atoms with Crippen molar-refractivity contribution in [1.29, 1.82) is 0 Å². The Morgan fingerprint density at radius 1 is 1.31 bits per heavy atom. The summed E-state index contributed by atoms with van der Waals surface area (Å²) < 4.78 is 0. The second-order valence-corrected chi connectivity index (χ2v) is 4.76. The van der Waals surface area contributed by atoms with Gasteiger partial charge in [0, 0.05) is 12.1 Å². The van der Waals surface area contributed by atoms with Crippen molar-refractivity contribution in [3.05, 3.63) is 48.6 Å². The van der Waals surface area contributed by atoms with Gasteiger partial charge in [0.25, 0.3) is 0 Å². The number of rotatable bonds is 3. The average Bonchev–Trinajstić information content (AvgIpc) is 2.39. The maximum absolute atomic E-state index is 3.89. The quantitative estimate of drug-likeness (QED) is 0.758. The summed E-state index contributed by atoms with van der Waals surface area (Å²) >= 11 is 0. The van der Waals surface area contributed by atoms with Crippen LogP contribution in [0.2, 0.25) is 0 Å². The molecular formula is C15H21N. The zero-order valence-corrected chi connectivity index (χ0v) is 10.0. The third kappa shape index (κ3) is 2.53. The van der Waals surface area contributed by atoms with Gasteiger partial charge in [0.05, 0.1) is 0 Å². The fourth-order valence-electron chi connectivity index (χ4n) is 2.49. The maximum atomic E-state index is 3.89. The van der Waals surface area contributed by atoms with E-state index in [1.165, 1.54) is 24.8 Å². The SMILES string of the molecule is C=C[C@@H](C)[C@@H]1CCC[C@@H](c2ccccc2)N1. The van der Waals surface area contributed by atoms with Gasteiger partial charge in [-0.05, 0) is 30.7 Å². The Morgan fingerprint density at radius 2 is 2.06 bits per heavy atom. The summed E-state index contributed by atoms with van der Waals surface area (Å²) in [6.45, 7) is 6.14. The Balaban J connectivity index is 2.05. The van der Waals surface area contributed by atoms with Crippen LogP contribution in [0.3, 0.4) is 0 Å². The molecule has 1 saturated heterocycles. The number of hydrogen-bond acceptors (Lipinski definition) is 1. The molecule has 0 unspecified atom stereocenters. The van der Waals surface area contributed by atoms with Gasteiger partial charge in [-0.3, -0.25) is 0 Å². The van der Waals surface area contributed by atoms with Crippen LogP contribution in [-0.4, -0.2) is 6.04 Å². The van der Waals surface area contributed by atoms with E-state index in [0.717, 1.165) is 0 Å². The lowest BCUT2D eigenvalue weighted by atomic mass is 9.88. The van der Waals surface area contributed by atoms with Gasteiger partial charge in [0.2, 0.25) is 0 Å². The molecule has 0 saturated carbocycles. The standard InChI is InChI=1S/C15H21N/c1-3-12(2)14-10-7-11-15(16-14)13-8-5-4-6-9-13/h3-6,8-9,12,14-16H,1,7,10-11H2,2H3/t12-,14+,15+/m1/s1. The van der Waals surface area contributed by atoms with Crippen LogP contribution in [0.15, 0.2) is 43.0 Å². The Kier molecular flexibility index (Phi) is 3.79. The molecule has 1 aliphatic heterocycles. The first-order valence-corrected chi connectivity index (χ1v) is 6.25. The van der Waals surface area contributed by atoms with Gasteiger partial charge in [-0.25, -0.2) is 0 Å². The molecule has 1 aromatic rings. The van der Waals surface area contributed by atoms with E-state index in [1.54, 1.807) is 0 Å². The monoisotopic (exact) mass is 215 g/mol. The minimum atomic E-state index is 0.530. The number of nitrogens with one attached hydrogen (secondary N) is 1. The molecule has 86 valence electrons. The summed E-state index contributed by atoms with van der Waals surface area (Å²) in [5, 5.41) is 3.75. The Bertz CT molecular complexity index is 331. The van der Waals surface area contributed by atoms with E-state index in [2.05, 4.69) is 55.2 Å². The van der Waals surface area contributed by atoms with Crippen LogP contribution in [0.5, 0.6) is 0 Å². The van der Waals surface area contributed by atoms with E-state index in [-0.39, 0.29) is 0 Å². The highest BCUT2D eigenvalue weighted by Crippen LogP contribution is 2.28. The molecule has 1 aromatic carbocycles. The summed E-state index contributed by atoms with van der Waals surface area (Å²) in [5.74, 6) is 0.562. The van der Waals surface area contributed by atoms with E-state index in [4.69, 9.17) is 0 Å². The molecule has 0 amide bonds. The Hall–Kier alpha value is -1.08. The van der Waals surface area contributed by atoms with Crippen LogP contribution in [0.4, 0.5) is 0 Å². The highest BCUT2D eigenvalue weighted by molar-refractivity contribution is 5.19. The molecule has 3 atom stereocenters. The minimum Gasteiger partial charge on any atom is -0.307 e. The lowest BCUT2D eigenvalue weighted by Gasteiger charge is -2.34. The summed E-state index contributed by atoms with van der Waals surface area (Å²) in [6, 6.07) is 11.9. The predicted octanol–water partition coefficient (Wildman–Crippen LogP) is 3.69. The maximum Gasteiger partial charge on any atom is 0.0322 e. The first kappa shape index (κ1) is 11.4. The molecule has 1 nitrogen and oxygen atoms in total. The third-order valence-corrected chi connectivity index (χ3v) is 3.63. The molecule has 0 spiro atoms. The second-order valence-electron chi connectivity index (χ2n) is 4.76. The van der Waals surface area contributed by atoms with Crippen molar-refractivity contribution in [2.24, 2.45) is 5.92 Å².